The fourth-order valence-corrected chi connectivity index (χ4v) is 3.76. The molecule has 3 heterocycles. The highest BCUT2D eigenvalue weighted by Gasteiger charge is 2.28. The van der Waals surface area contributed by atoms with E-state index in [2.05, 4.69) is 21.9 Å². The molecular weight excluding hydrogens is 310 g/mol. The van der Waals surface area contributed by atoms with Crippen LogP contribution in [0.1, 0.15) is 33.9 Å². The normalized spacial score (nSPS) is 15.9. The summed E-state index contributed by atoms with van der Waals surface area (Å²) >= 11 is 1.73. The molecule has 2 aromatic heterocycles. The summed E-state index contributed by atoms with van der Waals surface area (Å²) in [5.74, 6) is 0.0113. The number of piperidine rings is 1. The van der Waals surface area contributed by atoms with Crippen LogP contribution in [0.25, 0.3) is 0 Å². The van der Waals surface area contributed by atoms with Gasteiger partial charge in [-0.2, -0.15) is 5.10 Å². The van der Waals surface area contributed by atoms with Crippen LogP contribution < -0.4 is 4.90 Å². The maximum absolute atomic E-state index is 12.6. The van der Waals surface area contributed by atoms with E-state index in [1.807, 2.05) is 38.2 Å². The first-order valence-electron chi connectivity index (χ1n) is 7.91. The average molecular weight is 333 g/mol. The molecule has 1 amide bonds. The van der Waals surface area contributed by atoms with E-state index in [0.717, 1.165) is 36.8 Å². The minimum Gasteiger partial charge on any atom is -0.348 e. The second-order valence-electron chi connectivity index (χ2n) is 6.18. The van der Waals surface area contributed by atoms with Gasteiger partial charge in [-0.1, -0.05) is 0 Å². The van der Waals surface area contributed by atoms with Gasteiger partial charge in [-0.05, 0) is 32.8 Å². The minimum absolute atomic E-state index is 0.0113. The summed E-state index contributed by atoms with van der Waals surface area (Å²) in [6, 6.07) is 2.12. The monoisotopic (exact) mass is 333 g/mol. The van der Waals surface area contributed by atoms with Crippen molar-refractivity contribution in [1.82, 2.24) is 19.7 Å². The molecule has 1 saturated heterocycles. The van der Waals surface area contributed by atoms with Gasteiger partial charge >= 0.3 is 0 Å². The van der Waals surface area contributed by atoms with Gasteiger partial charge in [0, 0.05) is 50.0 Å². The highest BCUT2D eigenvalue weighted by atomic mass is 32.1. The number of aryl methyl sites for hydroxylation is 3. The maximum Gasteiger partial charge on any atom is 0.274 e. The molecule has 0 N–H and O–H groups in total. The van der Waals surface area contributed by atoms with Gasteiger partial charge < -0.3 is 9.80 Å². The molecule has 0 spiro atoms. The molecule has 0 unspecified atom stereocenters. The van der Waals surface area contributed by atoms with Crippen molar-refractivity contribution in [3.63, 3.8) is 0 Å². The summed E-state index contributed by atoms with van der Waals surface area (Å²) in [7, 11) is 3.75. The Morgan fingerprint density at radius 2 is 2.04 bits per heavy atom. The molecule has 23 heavy (non-hydrogen) atoms. The van der Waals surface area contributed by atoms with Crippen molar-refractivity contribution in [2.45, 2.75) is 32.7 Å². The zero-order valence-corrected chi connectivity index (χ0v) is 14.9. The summed E-state index contributed by atoms with van der Waals surface area (Å²) in [6.07, 6.45) is 3.85. The first kappa shape index (κ1) is 16.0. The Morgan fingerprint density at radius 3 is 2.57 bits per heavy atom. The zero-order valence-electron chi connectivity index (χ0n) is 14.1. The number of hydrogen-bond acceptors (Lipinski definition) is 5. The second kappa shape index (κ2) is 6.31. The molecule has 0 saturated carbocycles. The van der Waals surface area contributed by atoms with Crippen LogP contribution in [0.3, 0.4) is 0 Å². The van der Waals surface area contributed by atoms with Crippen molar-refractivity contribution in [3.05, 3.63) is 28.5 Å². The maximum atomic E-state index is 12.6. The third-order valence-corrected chi connectivity index (χ3v) is 5.52. The van der Waals surface area contributed by atoms with Crippen LogP contribution in [0.5, 0.6) is 0 Å². The number of amides is 1. The van der Waals surface area contributed by atoms with Crippen molar-refractivity contribution in [3.8, 4) is 0 Å². The first-order chi connectivity index (χ1) is 11.0. The van der Waals surface area contributed by atoms with Gasteiger partial charge in [0.1, 0.15) is 0 Å². The number of nitrogens with zero attached hydrogens (tertiary/aromatic N) is 5. The van der Waals surface area contributed by atoms with Gasteiger partial charge in [-0.15, -0.1) is 11.3 Å². The Hall–Kier alpha value is -1.89. The molecule has 0 bridgehead atoms. The second-order valence-corrected chi connectivity index (χ2v) is 7.40. The molecule has 1 fully saturated rings. The van der Waals surface area contributed by atoms with Gasteiger partial charge in [0.05, 0.1) is 0 Å². The molecule has 0 aromatic carbocycles. The van der Waals surface area contributed by atoms with E-state index in [0.29, 0.717) is 5.69 Å². The van der Waals surface area contributed by atoms with Crippen LogP contribution in [0.4, 0.5) is 5.13 Å². The molecule has 1 aliphatic rings. The lowest BCUT2D eigenvalue weighted by Gasteiger charge is -2.36. The van der Waals surface area contributed by atoms with Gasteiger partial charge in [0.25, 0.3) is 5.91 Å². The number of carbonyl (C=O) groups is 1. The summed E-state index contributed by atoms with van der Waals surface area (Å²) in [6.45, 7) is 5.92. The van der Waals surface area contributed by atoms with E-state index >= 15 is 0 Å². The lowest BCUT2D eigenvalue weighted by atomic mass is 10.0. The summed E-state index contributed by atoms with van der Waals surface area (Å²) < 4.78 is 1.74. The first-order valence-corrected chi connectivity index (χ1v) is 8.72. The highest BCUT2D eigenvalue weighted by molar-refractivity contribution is 7.15. The molecule has 6 nitrogen and oxygen atoms in total. The van der Waals surface area contributed by atoms with Crippen molar-refractivity contribution in [1.29, 1.82) is 0 Å². The third-order valence-electron chi connectivity index (χ3n) is 4.55. The standard InChI is InChI=1S/C16H23N5OS/c1-11-9-14(18-20(11)4)15(22)19(3)13-5-7-21(8-6-13)16-17-10-12(2)23-16/h9-10,13H,5-8H2,1-4H3. The summed E-state index contributed by atoms with van der Waals surface area (Å²) in [4.78, 5) is 22.5. The quantitative estimate of drug-likeness (QED) is 0.864. The van der Waals surface area contributed by atoms with Crippen LogP contribution >= 0.6 is 11.3 Å². The zero-order chi connectivity index (χ0) is 16.6. The molecule has 124 valence electrons. The number of anilines is 1. The van der Waals surface area contributed by atoms with Gasteiger partial charge in [0.15, 0.2) is 10.8 Å². The number of thiazole rings is 1. The molecule has 1 aliphatic heterocycles. The minimum atomic E-state index is 0.0113. The van der Waals surface area contributed by atoms with E-state index in [4.69, 9.17) is 0 Å². The smallest absolute Gasteiger partial charge is 0.274 e. The molecule has 7 heteroatoms. The molecule has 0 aliphatic carbocycles. The number of rotatable bonds is 3. The number of hydrogen-bond donors (Lipinski definition) is 0. The van der Waals surface area contributed by atoms with Crippen LogP contribution in [0.15, 0.2) is 12.3 Å². The van der Waals surface area contributed by atoms with Crippen LogP contribution in [-0.2, 0) is 7.05 Å². The molecule has 0 atom stereocenters. The molecule has 2 aromatic rings. The van der Waals surface area contributed by atoms with E-state index in [1.54, 1.807) is 16.0 Å². The molecule has 3 rings (SSSR count). The van der Waals surface area contributed by atoms with Crippen molar-refractivity contribution in [2.75, 3.05) is 25.0 Å². The van der Waals surface area contributed by atoms with E-state index in [9.17, 15) is 4.79 Å². The lowest BCUT2D eigenvalue weighted by Crippen LogP contribution is -2.45. The Morgan fingerprint density at radius 1 is 1.35 bits per heavy atom. The highest BCUT2D eigenvalue weighted by Crippen LogP contribution is 2.26. The Balaban J connectivity index is 1.61. The Kier molecular flexibility index (Phi) is 4.39. The fraction of sp³-hybridized carbons (Fsp3) is 0.562. The molecular formula is C16H23N5OS. The molecule has 0 radical (unpaired) electrons. The predicted molar refractivity (Wildman–Crippen MR) is 92.1 cm³/mol. The number of carbonyl (C=O) groups excluding carboxylic acids is 1. The van der Waals surface area contributed by atoms with E-state index in [1.165, 1.54) is 4.88 Å². The van der Waals surface area contributed by atoms with E-state index in [-0.39, 0.29) is 11.9 Å². The van der Waals surface area contributed by atoms with Crippen molar-refractivity contribution in [2.24, 2.45) is 7.05 Å². The van der Waals surface area contributed by atoms with Crippen LogP contribution in [-0.4, -0.2) is 51.8 Å². The van der Waals surface area contributed by atoms with Crippen molar-refractivity contribution < 1.29 is 4.79 Å². The lowest BCUT2D eigenvalue weighted by molar-refractivity contribution is 0.0702. The topological polar surface area (TPSA) is 54.3 Å². The third kappa shape index (κ3) is 3.24. The van der Waals surface area contributed by atoms with Crippen LogP contribution in [0, 0.1) is 13.8 Å². The van der Waals surface area contributed by atoms with Crippen LogP contribution in [0.2, 0.25) is 0 Å². The Labute approximate surface area is 140 Å². The summed E-state index contributed by atoms with van der Waals surface area (Å²) in [5.41, 5.74) is 1.53. The fourth-order valence-electron chi connectivity index (χ4n) is 2.95. The van der Waals surface area contributed by atoms with Crippen molar-refractivity contribution >= 4 is 22.4 Å². The predicted octanol–water partition coefficient (Wildman–Crippen LogP) is 2.23. The SMILES string of the molecule is Cc1cnc(N2CCC(N(C)C(=O)c3cc(C)n(C)n3)CC2)s1. The number of aromatic nitrogens is 3. The Bertz CT molecular complexity index is 680. The van der Waals surface area contributed by atoms with Gasteiger partial charge in [0.2, 0.25) is 0 Å². The van der Waals surface area contributed by atoms with E-state index < -0.39 is 0 Å². The summed E-state index contributed by atoms with van der Waals surface area (Å²) in [5, 5.41) is 5.39. The largest absolute Gasteiger partial charge is 0.348 e. The van der Waals surface area contributed by atoms with Gasteiger partial charge in [-0.3, -0.25) is 9.48 Å². The average Bonchev–Trinajstić information content (AvgIpc) is 3.12. The van der Waals surface area contributed by atoms with Gasteiger partial charge in [-0.25, -0.2) is 4.98 Å².